The lowest BCUT2D eigenvalue weighted by atomic mass is 9.93. The fourth-order valence-electron chi connectivity index (χ4n) is 3.26. The molecule has 1 heterocycles. The second kappa shape index (κ2) is 6.51. The van der Waals surface area contributed by atoms with E-state index < -0.39 is 16.8 Å². The summed E-state index contributed by atoms with van der Waals surface area (Å²) in [6, 6.07) is 11.6. The van der Waals surface area contributed by atoms with E-state index in [1.165, 1.54) is 30.3 Å². The third-order valence-electron chi connectivity index (χ3n) is 4.50. The molecule has 4 aromatic rings. The van der Waals surface area contributed by atoms with Gasteiger partial charge in [-0.05, 0) is 29.8 Å². The van der Waals surface area contributed by atoms with Crippen LogP contribution in [0.25, 0.3) is 39.3 Å². The zero-order valence-corrected chi connectivity index (χ0v) is 14.9. The average molecular weight is 395 g/mol. The molecule has 0 atom stereocenters. The fraction of sp³-hybridized carbons (Fsp3) is 0. The quantitative estimate of drug-likeness (QED) is 0.505. The highest BCUT2D eigenvalue weighted by Crippen LogP contribution is 2.37. The molecule has 4 rings (SSSR count). The maximum atomic E-state index is 12.1. The van der Waals surface area contributed by atoms with E-state index in [1.54, 1.807) is 18.2 Å². The van der Waals surface area contributed by atoms with Gasteiger partial charge < -0.3 is 14.6 Å². The fourth-order valence-corrected chi connectivity index (χ4v) is 3.42. The molecule has 28 heavy (non-hydrogen) atoms. The van der Waals surface area contributed by atoms with Gasteiger partial charge in [0.05, 0.1) is 22.1 Å². The first kappa shape index (κ1) is 17.8. The van der Waals surface area contributed by atoms with Crippen molar-refractivity contribution in [2.24, 2.45) is 0 Å². The molecule has 0 aliphatic heterocycles. The van der Waals surface area contributed by atoms with Gasteiger partial charge in [0.1, 0.15) is 11.2 Å². The first-order valence-electron chi connectivity index (χ1n) is 8.12. The van der Waals surface area contributed by atoms with Crippen LogP contribution in [0.1, 0.15) is 10.4 Å². The van der Waals surface area contributed by atoms with Crippen LogP contribution in [0.15, 0.2) is 62.5 Å². The normalized spacial score (nSPS) is 12.0. The van der Waals surface area contributed by atoms with Crippen LogP contribution in [0, 0.1) is 0 Å². The van der Waals surface area contributed by atoms with Crippen LogP contribution in [0.5, 0.6) is 0 Å². The Bertz CT molecular complexity index is 1450. The molecule has 0 radical (unpaired) electrons. The van der Waals surface area contributed by atoms with Gasteiger partial charge in [-0.2, -0.15) is 0 Å². The number of carboxylic acids is 1. The molecule has 0 fully saturated rings. The number of fused-ring (bicyclic) bond motifs is 2. The number of hydrogen-bond donors (Lipinski definition) is 2. The zero-order valence-electron chi connectivity index (χ0n) is 14.1. The molecule has 0 saturated carbocycles. The van der Waals surface area contributed by atoms with Gasteiger partial charge in [-0.15, -0.1) is 0 Å². The summed E-state index contributed by atoms with van der Waals surface area (Å²) >= 11 is 6.02. The Morgan fingerprint density at radius 1 is 1.00 bits per heavy atom. The van der Waals surface area contributed by atoms with Gasteiger partial charge in [0, 0.05) is 22.4 Å². The predicted octanol–water partition coefficient (Wildman–Crippen LogP) is 3.34. The van der Waals surface area contributed by atoms with Gasteiger partial charge in [-0.25, -0.2) is 4.79 Å². The number of aliphatic hydroxyl groups excluding tert-OH is 1. The minimum absolute atomic E-state index is 0.0272. The molecule has 0 amide bonds. The largest absolute Gasteiger partial charge is 0.515 e. The number of carboxylic acid groups (broad SMARTS) is 1. The molecule has 0 unspecified atom stereocenters. The van der Waals surface area contributed by atoms with Crippen LogP contribution in [-0.4, -0.2) is 16.2 Å². The van der Waals surface area contributed by atoms with Crippen molar-refractivity contribution in [3.05, 3.63) is 84.8 Å². The first-order chi connectivity index (χ1) is 13.4. The van der Waals surface area contributed by atoms with Gasteiger partial charge in [0.25, 0.3) is 0 Å². The topological polar surface area (TPSA) is 105 Å². The van der Waals surface area contributed by atoms with E-state index in [0.717, 1.165) is 0 Å². The predicted molar refractivity (Wildman–Crippen MR) is 106 cm³/mol. The first-order valence-corrected chi connectivity index (χ1v) is 8.50. The van der Waals surface area contributed by atoms with Crippen molar-refractivity contribution in [1.82, 2.24) is 0 Å². The molecule has 1 aromatic heterocycles. The summed E-state index contributed by atoms with van der Waals surface area (Å²) in [6.45, 7) is 0. The molecule has 0 bridgehead atoms. The Kier molecular flexibility index (Phi) is 4.13. The van der Waals surface area contributed by atoms with Gasteiger partial charge in [0.15, 0.2) is 5.43 Å². The number of hydrogen-bond acceptors (Lipinski definition) is 5. The lowest BCUT2D eigenvalue weighted by Crippen LogP contribution is -2.24. The van der Waals surface area contributed by atoms with Crippen molar-refractivity contribution in [3.8, 4) is 11.1 Å². The number of benzene rings is 3. The van der Waals surface area contributed by atoms with E-state index >= 15 is 0 Å². The Hall–Kier alpha value is -3.64. The summed E-state index contributed by atoms with van der Waals surface area (Å²) in [6.07, 6.45) is 0.626. The van der Waals surface area contributed by atoms with Gasteiger partial charge in [0.2, 0.25) is 5.43 Å². The van der Waals surface area contributed by atoms with E-state index in [-0.39, 0.29) is 27.0 Å². The molecular formula is C21H11ClO6. The Morgan fingerprint density at radius 3 is 2.46 bits per heavy atom. The van der Waals surface area contributed by atoms with Crippen molar-refractivity contribution in [2.75, 3.05) is 0 Å². The smallest absolute Gasteiger partial charge is 0.336 e. The molecule has 138 valence electrons. The van der Waals surface area contributed by atoms with Crippen molar-refractivity contribution in [2.45, 2.75) is 0 Å². The second-order valence-corrected chi connectivity index (χ2v) is 6.50. The Labute approximate surface area is 161 Å². The minimum atomic E-state index is -1.14. The molecule has 0 aliphatic carbocycles. The lowest BCUT2D eigenvalue weighted by molar-refractivity contribution is 0.0697. The minimum Gasteiger partial charge on any atom is -0.515 e. The Balaban J connectivity index is 2.36. The third kappa shape index (κ3) is 2.62. The van der Waals surface area contributed by atoms with E-state index in [0.29, 0.717) is 28.2 Å². The van der Waals surface area contributed by atoms with E-state index in [2.05, 4.69) is 0 Å². The molecule has 0 spiro atoms. The van der Waals surface area contributed by atoms with Crippen molar-refractivity contribution >= 4 is 45.8 Å². The average Bonchev–Trinajstić information content (AvgIpc) is 2.67. The van der Waals surface area contributed by atoms with Crippen LogP contribution < -0.4 is 16.1 Å². The van der Waals surface area contributed by atoms with Crippen molar-refractivity contribution in [1.29, 1.82) is 0 Å². The van der Waals surface area contributed by atoms with Gasteiger partial charge >= 0.3 is 5.97 Å². The highest BCUT2D eigenvalue weighted by atomic mass is 35.5. The maximum absolute atomic E-state index is 12.1. The zero-order chi connectivity index (χ0) is 20.0. The Morgan fingerprint density at radius 2 is 1.75 bits per heavy atom. The summed E-state index contributed by atoms with van der Waals surface area (Å²) in [7, 11) is 0. The van der Waals surface area contributed by atoms with Crippen LogP contribution >= 0.6 is 11.6 Å². The number of aliphatic hydroxyl groups is 1. The molecule has 6 nitrogen and oxygen atoms in total. The van der Waals surface area contributed by atoms with Gasteiger partial charge in [-0.1, -0.05) is 29.8 Å². The van der Waals surface area contributed by atoms with E-state index in [1.807, 2.05) is 0 Å². The summed E-state index contributed by atoms with van der Waals surface area (Å²) < 4.78 is 5.75. The van der Waals surface area contributed by atoms with Crippen molar-refractivity contribution in [3.63, 3.8) is 0 Å². The molecule has 2 N–H and O–H groups in total. The lowest BCUT2D eigenvalue weighted by Gasteiger charge is -2.13. The monoisotopic (exact) mass is 394 g/mol. The number of halogens is 1. The summed E-state index contributed by atoms with van der Waals surface area (Å²) in [5.41, 5.74) is 0.0104. The summed E-state index contributed by atoms with van der Waals surface area (Å²) in [4.78, 5) is 35.9. The highest BCUT2D eigenvalue weighted by molar-refractivity contribution is 6.31. The summed E-state index contributed by atoms with van der Waals surface area (Å²) in [5.74, 6) is -1.14. The third-order valence-corrected chi connectivity index (χ3v) is 4.79. The molecule has 0 saturated heterocycles. The molecular weight excluding hydrogens is 384 g/mol. The SMILES string of the molecule is O=C(O)c1ccccc1-c1c2cc(Cl)c(=O)cc2oc2c(=CO)c(=O)ccc12. The standard InChI is InChI=1S/C21H11ClO6/c22-15-7-13-18(8-17(15)25)28-20-12(5-6-16(24)14(20)9-23)19(13)10-3-1-2-4-11(10)21(26)27/h1-9,23H,(H,26,27). The van der Waals surface area contributed by atoms with Crippen molar-refractivity contribution < 1.29 is 19.4 Å². The van der Waals surface area contributed by atoms with E-state index in [4.69, 9.17) is 16.0 Å². The van der Waals surface area contributed by atoms with Gasteiger partial charge in [-0.3, -0.25) is 9.59 Å². The summed E-state index contributed by atoms with van der Waals surface area (Å²) in [5, 5.41) is 19.8. The van der Waals surface area contributed by atoms with Crippen LogP contribution in [0.2, 0.25) is 5.02 Å². The number of aromatic carboxylic acids is 1. The number of rotatable bonds is 2. The highest BCUT2D eigenvalue weighted by Gasteiger charge is 2.20. The van der Waals surface area contributed by atoms with Crippen LogP contribution in [-0.2, 0) is 0 Å². The van der Waals surface area contributed by atoms with E-state index in [9.17, 15) is 24.6 Å². The second-order valence-electron chi connectivity index (χ2n) is 6.09. The number of carbonyl (C=O) groups is 1. The maximum Gasteiger partial charge on any atom is 0.336 e. The van der Waals surface area contributed by atoms with Crippen LogP contribution in [0.3, 0.4) is 0 Å². The molecule has 3 aromatic carbocycles. The molecule has 7 heteroatoms. The molecule has 0 aliphatic rings. The van der Waals surface area contributed by atoms with Crippen LogP contribution in [0.4, 0.5) is 0 Å².